The highest BCUT2D eigenvalue weighted by molar-refractivity contribution is 6.45. The molecule has 0 unspecified atom stereocenters. The first kappa shape index (κ1) is 22.7. The quantitative estimate of drug-likeness (QED) is 0.394. The zero-order valence-corrected chi connectivity index (χ0v) is 19.2. The van der Waals surface area contributed by atoms with Crippen LogP contribution >= 0.6 is 11.6 Å². The number of benzene rings is 1. The molecule has 170 valence electrons. The molecule has 2 aromatic heterocycles. The first-order chi connectivity index (χ1) is 15.8. The van der Waals surface area contributed by atoms with Crippen molar-refractivity contribution < 1.29 is 24.0 Å². The predicted molar refractivity (Wildman–Crippen MR) is 120 cm³/mol. The minimum Gasteiger partial charge on any atom is -0.858 e. The van der Waals surface area contributed by atoms with E-state index in [4.69, 9.17) is 16.3 Å². The number of hydrogen-bond acceptors (Lipinski definition) is 5. The number of pyridine rings is 1. The van der Waals surface area contributed by atoms with E-state index < -0.39 is 17.7 Å². The van der Waals surface area contributed by atoms with Gasteiger partial charge in [0.1, 0.15) is 5.57 Å². The van der Waals surface area contributed by atoms with Gasteiger partial charge in [-0.3, -0.25) is 14.5 Å². The number of imide groups is 1. The molecule has 0 radical (unpaired) electrons. The normalized spacial score (nSPS) is 14.2. The summed E-state index contributed by atoms with van der Waals surface area (Å²) < 4.78 is 7.89. The molecule has 1 aromatic carbocycles. The third-order valence-corrected chi connectivity index (χ3v) is 5.63. The van der Waals surface area contributed by atoms with Gasteiger partial charge >= 0.3 is 5.91 Å². The molecule has 0 atom stereocenters. The fourth-order valence-electron chi connectivity index (χ4n) is 3.78. The van der Waals surface area contributed by atoms with Crippen molar-refractivity contribution in [1.82, 2.24) is 14.7 Å². The van der Waals surface area contributed by atoms with Gasteiger partial charge in [0, 0.05) is 29.8 Å². The first-order valence-corrected chi connectivity index (χ1v) is 10.8. The van der Waals surface area contributed by atoms with E-state index >= 15 is 0 Å². The number of carbonyl (C=O) groups excluding carboxylic acids is 2. The summed E-state index contributed by atoms with van der Waals surface area (Å²) in [4.78, 5) is 28.0. The highest BCUT2D eigenvalue weighted by Crippen LogP contribution is 2.39. The molecule has 0 saturated carbocycles. The smallest absolute Gasteiger partial charge is 0.326 e. The van der Waals surface area contributed by atoms with Gasteiger partial charge in [-0.05, 0) is 36.1 Å². The highest BCUT2D eigenvalue weighted by atomic mass is 35.5. The average Bonchev–Trinajstić information content (AvgIpc) is 3.27. The third-order valence-electron chi connectivity index (χ3n) is 5.37. The Morgan fingerprint density at radius 1 is 1.09 bits per heavy atom. The van der Waals surface area contributed by atoms with Gasteiger partial charge in [0.15, 0.2) is 12.4 Å². The van der Waals surface area contributed by atoms with Crippen LogP contribution in [0.5, 0.6) is 5.88 Å². The number of aromatic nitrogens is 3. The number of rotatable bonds is 7. The van der Waals surface area contributed by atoms with E-state index in [1.54, 1.807) is 59.4 Å². The van der Waals surface area contributed by atoms with Crippen molar-refractivity contribution in [3.05, 3.63) is 71.1 Å². The summed E-state index contributed by atoms with van der Waals surface area (Å²) in [6, 6.07) is 12.0. The van der Waals surface area contributed by atoms with Crippen LogP contribution in [0.2, 0.25) is 5.02 Å². The second-order valence-electron chi connectivity index (χ2n) is 7.87. The zero-order valence-electron chi connectivity index (χ0n) is 18.5. The van der Waals surface area contributed by atoms with Crippen molar-refractivity contribution in [3.63, 3.8) is 0 Å². The standard InChI is InChI=1S/C24H23ClN4O4/c1-15(2)20-18(23(31)29(26-20)17-9-7-16(25)8-10-17)19-21(27-11-5-4-6-12-27)24(32)28(22(19)30)13-14-33-3/h4-12,15H,13-14H2,1-3H3. The van der Waals surface area contributed by atoms with Gasteiger partial charge in [0.2, 0.25) is 0 Å². The summed E-state index contributed by atoms with van der Waals surface area (Å²) in [6.45, 7) is 4.03. The van der Waals surface area contributed by atoms with Crippen LogP contribution in [0.1, 0.15) is 31.0 Å². The highest BCUT2D eigenvalue weighted by Gasteiger charge is 2.46. The summed E-state index contributed by atoms with van der Waals surface area (Å²) >= 11 is 5.99. The SMILES string of the molecule is COCCN1C(=O)C(c2c(C(C)C)nn(-c3ccc(Cl)cc3)c2[O-])=C([n+]2ccccc2)C1=O. The Bertz CT molecular complexity index is 1230. The molecule has 8 nitrogen and oxygen atoms in total. The first-order valence-electron chi connectivity index (χ1n) is 10.5. The molecule has 4 rings (SSSR count). The van der Waals surface area contributed by atoms with Crippen molar-refractivity contribution in [2.24, 2.45) is 0 Å². The van der Waals surface area contributed by atoms with Crippen LogP contribution in [0, 0.1) is 0 Å². The fourth-order valence-corrected chi connectivity index (χ4v) is 3.90. The van der Waals surface area contributed by atoms with E-state index in [0.717, 1.165) is 4.90 Å². The van der Waals surface area contributed by atoms with Crippen LogP contribution in [0.25, 0.3) is 17.0 Å². The molecular weight excluding hydrogens is 444 g/mol. The number of halogens is 1. The van der Waals surface area contributed by atoms with Gasteiger partial charge in [-0.1, -0.05) is 31.5 Å². The minimum atomic E-state index is -0.543. The molecule has 0 aliphatic carbocycles. The second-order valence-corrected chi connectivity index (χ2v) is 8.31. The van der Waals surface area contributed by atoms with Crippen LogP contribution < -0.4 is 9.67 Å². The maximum atomic E-state index is 13.6. The second kappa shape index (κ2) is 9.17. The summed E-state index contributed by atoms with van der Waals surface area (Å²) in [5, 5.41) is 18.7. The van der Waals surface area contributed by atoms with Gasteiger partial charge in [-0.2, -0.15) is 9.67 Å². The van der Waals surface area contributed by atoms with Crippen molar-refractivity contribution in [2.75, 3.05) is 20.3 Å². The van der Waals surface area contributed by atoms with Crippen LogP contribution in [-0.2, 0) is 14.3 Å². The Labute approximate surface area is 196 Å². The molecule has 0 spiro atoms. The lowest BCUT2D eigenvalue weighted by molar-refractivity contribution is -0.576. The fraction of sp³-hybridized carbons (Fsp3) is 0.250. The van der Waals surface area contributed by atoms with Crippen molar-refractivity contribution in [3.8, 4) is 11.6 Å². The molecule has 33 heavy (non-hydrogen) atoms. The topological polar surface area (TPSA) is 91.4 Å². The Morgan fingerprint density at radius 2 is 1.76 bits per heavy atom. The number of amides is 2. The Hall–Kier alpha value is -3.49. The maximum absolute atomic E-state index is 13.6. The Kier molecular flexibility index (Phi) is 6.31. The molecule has 3 heterocycles. The number of hydrogen-bond donors (Lipinski definition) is 0. The predicted octanol–water partition coefficient (Wildman–Crippen LogP) is 2.39. The van der Waals surface area contributed by atoms with E-state index in [1.807, 2.05) is 13.8 Å². The Morgan fingerprint density at radius 3 is 2.36 bits per heavy atom. The molecule has 1 aliphatic rings. The van der Waals surface area contributed by atoms with E-state index in [0.29, 0.717) is 16.4 Å². The van der Waals surface area contributed by atoms with E-state index in [-0.39, 0.29) is 35.9 Å². The van der Waals surface area contributed by atoms with Gasteiger partial charge < -0.3 is 9.84 Å². The summed E-state index contributed by atoms with van der Waals surface area (Å²) in [5.74, 6) is -1.68. The van der Waals surface area contributed by atoms with Crippen LogP contribution in [0.4, 0.5) is 0 Å². The van der Waals surface area contributed by atoms with Crippen molar-refractivity contribution in [2.45, 2.75) is 19.8 Å². The lowest BCUT2D eigenvalue weighted by Gasteiger charge is -2.15. The summed E-state index contributed by atoms with van der Waals surface area (Å²) in [5.41, 5.74) is 1.24. The minimum absolute atomic E-state index is 0.0428. The molecule has 0 N–H and O–H groups in total. The van der Waals surface area contributed by atoms with Gasteiger partial charge in [-0.15, -0.1) is 0 Å². The summed E-state index contributed by atoms with van der Waals surface area (Å²) in [7, 11) is 1.50. The number of methoxy groups -OCH3 is 1. The average molecular weight is 467 g/mol. The molecule has 0 saturated heterocycles. The molecule has 0 bridgehead atoms. The maximum Gasteiger partial charge on any atom is 0.326 e. The van der Waals surface area contributed by atoms with E-state index in [1.165, 1.54) is 11.8 Å². The van der Waals surface area contributed by atoms with E-state index in [9.17, 15) is 14.7 Å². The van der Waals surface area contributed by atoms with Crippen LogP contribution in [-0.4, -0.2) is 46.8 Å². The van der Waals surface area contributed by atoms with Gasteiger partial charge in [0.25, 0.3) is 11.6 Å². The monoisotopic (exact) mass is 466 g/mol. The van der Waals surface area contributed by atoms with E-state index in [2.05, 4.69) is 5.10 Å². The van der Waals surface area contributed by atoms with Gasteiger partial charge in [0.05, 0.1) is 24.5 Å². The largest absolute Gasteiger partial charge is 0.858 e. The zero-order chi connectivity index (χ0) is 23.7. The molecule has 0 fully saturated rings. The lowest BCUT2D eigenvalue weighted by Crippen LogP contribution is -2.40. The summed E-state index contributed by atoms with van der Waals surface area (Å²) in [6.07, 6.45) is 3.34. The van der Waals surface area contributed by atoms with Crippen molar-refractivity contribution >= 4 is 34.7 Å². The number of carbonyl (C=O) groups is 2. The van der Waals surface area contributed by atoms with Crippen LogP contribution in [0.3, 0.4) is 0 Å². The molecule has 1 aliphatic heterocycles. The lowest BCUT2D eigenvalue weighted by atomic mass is 9.98. The third kappa shape index (κ3) is 4.03. The van der Waals surface area contributed by atoms with Crippen LogP contribution in [0.15, 0.2) is 54.9 Å². The molecule has 2 amide bonds. The number of nitrogens with zero attached hydrogens (tertiary/aromatic N) is 4. The Balaban J connectivity index is 1.97. The van der Waals surface area contributed by atoms with Gasteiger partial charge in [-0.25, -0.2) is 4.68 Å². The molecule has 9 heteroatoms. The molecule has 3 aromatic rings. The molecular formula is C24H23ClN4O4. The number of ether oxygens (including phenoxy) is 1. The van der Waals surface area contributed by atoms with Crippen molar-refractivity contribution in [1.29, 1.82) is 0 Å².